The van der Waals surface area contributed by atoms with E-state index in [-0.39, 0.29) is 19.4 Å². The van der Waals surface area contributed by atoms with Gasteiger partial charge in [-0.2, -0.15) is 0 Å². The number of ketones is 1. The number of Topliss-reactive ketones (excluding diaryl/α,β-unsaturated/α-hetero) is 1. The molecular formula is C34H44N2O9. The summed E-state index contributed by atoms with van der Waals surface area (Å²) in [5.74, 6) is -2.18. The van der Waals surface area contributed by atoms with Gasteiger partial charge >= 0.3 is 11.9 Å². The molecule has 0 aromatic heterocycles. The summed E-state index contributed by atoms with van der Waals surface area (Å²) in [6, 6.07) is 11.5. The number of carbonyl (C=O) groups excluding carboxylic acids is 4. The van der Waals surface area contributed by atoms with E-state index in [0.29, 0.717) is 61.3 Å². The van der Waals surface area contributed by atoms with Crippen molar-refractivity contribution in [3.63, 3.8) is 0 Å². The van der Waals surface area contributed by atoms with Gasteiger partial charge in [-0.05, 0) is 73.9 Å². The number of esters is 1. The third-order valence-electron chi connectivity index (χ3n) is 8.24. The minimum atomic E-state index is -1.07. The first-order valence-corrected chi connectivity index (χ1v) is 15.3. The van der Waals surface area contributed by atoms with Gasteiger partial charge in [-0.1, -0.05) is 39.0 Å². The maximum absolute atomic E-state index is 13.8. The standard InChI is InChI=1S/C34H44N2O9/c1-6-34(2,3)31(40)32(41)36-19-8-7-12-25(36)33(42)45-26(15-13-22-14-16-27(43-4)28(20-22)44-5)23-10-9-11-24(21-23)35-29(37)17-18-30(38)39/h9-11,14,16,20-21,25-26H,6-8,12-13,15,17-19H2,1-5H3,(H,35,37)(H,38,39). The van der Waals surface area contributed by atoms with Gasteiger partial charge in [0.2, 0.25) is 11.7 Å². The average molecular weight is 625 g/mol. The first-order valence-electron chi connectivity index (χ1n) is 15.3. The van der Waals surface area contributed by atoms with Crippen LogP contribution in [0.5, 0.6) is 11.5 Å². The first kappa shape index (κ1) is 35.1. The maximum atomic E-state index is 13.8. The average Bonchev–Trinajstić information content (AvgIpc) is 3.04. The van der Waals surface area contributed by atoms with E-state index >= 15 is 0 Å². The number of aliphatic carboxylic acids is 1. The Labute approximate surface area is 264 Å². The normalized spacial score (nSPS) is 15.5. The number of aryl methyl sites for hydroxylation is 1. The molecule has 11 nitrogen and oxygen atoms in total. The molecule has 2 N–H and O–H groups in total. The molecule has 0 saturated carbocycles. The molecule has 3 rings (SSSR count). The van der Waals surface area contributed by atoms with Crippen molar-refractivity contribution >= 4 is 35.2 Å². The number of carboxylic acid groups (broad SMARTS) is 1. The molecule has 1 heterocycles. The Kier molecular flexibility index (Phi) is 12.5. The number of anilines is 1. The lowest BCUT2D eigenvalue weighted by atomic mass is 9.84. The quantitative estimate of drug-likeness (QED) is 0.204. The van der Waals surface area contributed by atoms with Gasteiger partial charge in [0.05, 0.1) is 20.6 Å². The van der Waals surface area contributed by atoms with E-state index in [0.717, 1.165) is 5.56 Å². The molecule has 0 spiro atoms. The number of carbonyl (C=O) groups is 5. The predicted molar refractivity (Wildman–Crippen MR) is 167 cm³/mol. The maximum Gasteiger partial charge on any atom is 0.329 e. The third-order valence-corrected chi connectivity index (χ3v) is 8.24. The molecule has 2 unspecified atom stereocenters. The van der Waals surface area contributed by atoms with Crippen LogP contribution in [-0.2, 0) is 35.1 Å². The van der Waals surface area contributed by atoms with Crippen molar-refractivity contribution in [2.75, 3.05) is 26.1 Å². The number of hydrogen-bond acceptors (Lipinski definition) is 8. The van der Waals surface area contributed by atoms with Crippen molar-refractivity contribution in [2.45, 2.75) is 84.3 Å². The lowest BCUT2D eigenvalue weighted by Crippen LogP contribution is -2.53. The van der Waals surface area contributed by atoms with Crippen LogP contribution in [-0.4, -0.2) is 66.3 Å². The van der Waals surface area contributed by atoms with E-state index in [2.05, 4.69) is 5.32 Å². The zero-order valence-corrected chi connectivity index (χ0v) is 26.7. The molecule has 1 saturated heterocycles. The molecule has 11 heteroatoms. The smallest absolute Gasteiger partial charge is 0.329 e. The van der Waals surface area contributed by atoms with E-state index in [1.807, 2.05) is 19.1 Å². The van der Waals surface area contributed by atoms with E-state index in [1.165, 1.54) is 4.90 Å². The van der Waals surface area contributed by atoms with Crippen LogP contribution in [0, 0.1) is 5.41 Å². The van der Waals surface area contributed by atoms with Gasteiger partial charge in [0.15, 0.2) is 11.5 Å². The second-order valence-electron chi connectivity index (χ2n) is 11.8. The van der Waals surface area contributed by atoms with Crippen LogP contribution >= 0.6 is 0 Å². The lowest BCUT2D eigenvalue weighted by Gasteiger charge is -2.36. The number of rotatable bonds is 15. The number of amides is 2. The van der Waals surface area contributed by atoms with E-state index in [4.69, 9.17) is 19.3 Å². The number of likely N-dealkylation sites (tertiary alicyclic amines) is 1. The zero-order chi connectivity index (χ0) is 33.1. The number of nitrogens with one attached hydrogen (secondary N) is 1. The van der Waals surface area contributed by atoms with Crippen molar-refractivity contribution in [1.29, 1.82) is 0 Å². The molecule has 0 bridgehead atoms. The second-order valence-corrected chi connectivity index (χ2v) is 11.8. The van der Waals surface area contributed by atoms with Crippen LogP contribution in [0.25, 0.3) is 0 Å². The molecule has 1 fully saturated rings. The number of hydrogen-bond donors (Lipinski definition) is 2. The first-order chi connectivity index (χ1) is 21.4. The van der Waals surface area contributed by atoms with Crippen molar-refractivity contribution in [3.05, 3.63) is 53.6 Å². The molecule has 45 heavy (non-hydrogen) atoms. The number of carboxylic acids is 1. The van der Waals surface area contributed by atoms with Gasteiger partial charge in [0, 0.05) is 24.1 Å². The summed E-state index contributed by atoms with van der Waals surface area (Å²) in [6.45, 7) is 5.58. The molecule has 1 aliphatic heterocycles. The monoisotopic (exact) mass is 624 g/mol. The zero-order valence-electron chi connectivity index (χ0n) is 26.7. The molecule has 2 amide bonds. The summed E-state index contributed by atoms with van der Waals surface area (Å²) in [5.41, 5.74) is 1.10. The van der Waals surface area contributed by atoms with Crippen molar-refractivity contribution in [3.8, 4) is 11.5 Å². The van der Waals surface area contributed by atoms with Crippen LogP contribution in [0.2, 0.25) is 0 Å². The summed E-state index contributed by atoms with van der Waals surface area (Å²) in [6.07, 6.45) is 1.87. The summed E-state index contributed by atoms with van der Waals surface area (Å²) in [5, 5.41) is 11.6. The van der Waals surface area contributed by atoms with Crippen LogP contribution < -0.4 is 14.8 Å². The fourth-order valence-electron chi connectivity index (χ4n) is 5.11. The highest BCUT2D eigenvalue weighted by atomic mass is 16.5. The third kappa shape index (κ3) is 9.54. The molecule has 0 aliphatic carbocycles. The van der Waals surface area contributed by atoms with Gasteiger partial charge in [0.1, 0.15) is 12.1 Å². The predicted octanol–water partition coefficient (Wildman–Crippen LogP) is 5.11. The molecule has 0 radical (unpaired) electrons. The van der Waals surface area contributed by atoms with Gasteiger partial charge in [-0.25, -0.2) is 4.79 Å². The number of nitrogens with zero attached hydrogens (tertiary/aromatic N) is 1. The van der Waals surface area contributed by atoms with Crippen LogP contribution in [0.1, 0.15) is 82.9 Å². The topological polar surface area (TPSA) is 149 Å². The fraction of sp³-hybridized carbons (Fsp3) is 0.500. The minimum absolute atomic E-state index is 0.184. The molecule has 244 valence electrons. The van der Waals surface area contributed by atoms with E-state index < -0.39 is 47.1 Å². The minimum Gasteiger partial charge on any atom is -0.493 e. The second kappa shape index (κ2) is 16.1. The Morgan fingerprint density at radius 3 is 2.40 bits per heavy atom. The highest BCUT2D eigenvalue weighted by Crippen LogP contribution is 2.32. The molecule has 2 aromatic carbocycles. The Hall–Kier alpha value is -4.41. The number of benzene rings is 2. The van der Waals surface area contributed by atoms with E-state index in [1.54, 1.807) is 58.4 Å². The van der Waals surface area contributed by atoms with Gasteiger partial charge < -0.3 is 29.5 Å². The van der Waals surface area contributed by atoms with Crippen LogP contribution in [0.3, 0.4) is 0 Å². The van der Waals surface area contributed by atoms with Crippen molar-refractivity contribution < 1.29 is 43.3 Å². The highest BCUT2D eigenvalue weighted by molar-refractivity contribution is 6.38. The Balaban J connectivity index is 1.88. The number of ether oxygens (including phenoxy) is 3. The van der Waals surface area contributed by atoms with Crippen molar-refractivity contribution in [1.82, 2.24) is 4.90 Å². The molecule has 2 aromatic rings. The summed E-state index contributed by atoms with van der Waals surface area (Å²) >= 11 is 0. The Morgan fingerprint density at radius 2 is 1.73 bits per heavy atom. The van der Waals surface area contributed by atoms with Crippen molar-refractivity contribution in [2.24, 2.45) is 5.41 Å². The SMILES string of the molecule is CCC(C)(C)C(=O)C(=O)N1CCCCC1C(=O)OC(CCc1ccc(OC)c(OC)c1)c1cccc(NC(=O)CCC(=O)O)c1. The highest BCUT2D eigenvalue weighted by Gasteiger charge is 2.41. The van der Waals surface area contributed by atoms with E-state index in [9.17, 15) is 24.0 Å². The Morgan fingerprint density at radius 1 is 1.00 bits per heavy atom. The summed E-state index contributed by atoms with van der Waals surface area (Å²) in [4.78, 5) is 64.7. The molecule has 1 aliphatic rings. The Bertz CT molecular complexity index is 1390. The summed E-state index contributed by atoms with van der Waals surface area (Å²) in [7, 11) is 3.10. The number of methoxy groups -OCH3 is 2. The van der Waals surface area contributed by atoms with Gasteiger partial charge in [0.25, 0.3) is 5.91 Å². The lowest BCUT2D eigenvalue weighted by molar-refractivity contribution is -0.164. The van der Waals surface area contributed by atoms with Gasteiger partial charge in [-0.3, -0.25) is 19.2 Å². The van der Waals surface area contributed by atoms with Crippen LogP contribution in [0.15, 0.2) is 42.5 Å². The van der Waals surface area contributed by atoms with Gasteiger partial charge in [-0.15, -0.1) is 0 Å². The van der Waals surface area contributed by atoms with Crippen LogP contribution in [0.4, 0.5) is 5.69 Å². The number of piperidine rings is 1. The fourth-order valence-corrected chi connectivity index (χ4v) is 5.11. The molecule has 2 atom stereocenters. The summed E-state index contributed by atoms with van der Waals surface area (Å²) < 4.78 is 16.9. The largest absolute Gasteiger partial charge is 0.493 e. The molecular weight excluding hydrogens is 580 g/mol.